The number of nitro groups is 1. The van der Waals surface area contributed by atoms with Gasteiger partial charge in [-0.15, -0.1) is 0 Å². The lowest BCUT2D eigenvalue weighted by molar-refractivity contribution is -0.384. The summed E-state index contributed by atoms with van der Waals surface area (Å²) in [5.74, 6) is -0.653. The summed E-state index contributed by atoms with van der Waals surface area (Å²) < 4.78 is 40.2. The summed E-state index contributed by atoms with van der Waals surface area (Å²) in [6, 6.07) is 5.67. The van der Waals surface area contributed by atoms with Crippen molar-refractivity contribution in [3.63, 3.8) is 0 Å². The normalized spacial score (nSPS) is 12.5. The molecule has 0 heterocycles. The molecular weight excluding hydrogens is 319 g/mol. The summed E-state index contributed by atoms with van der Waals surface area (Å²) in [7, 11) is 0. The van der Waals surface area contributed by atoms with Gasteiger partial charge in [0.15, 0.2) is 0 Å². The maximum atomic E-state index is 11.9. The van der Waals surface area contributed by atoms with Gasteiger partial charge in [-0.3, -0.25) is 14.9 Å². The number of nitrogens with one attached hydrogen (secondary N) is 2. The van der Waals surface area contributed by atoms with Gasteiger partial charge >= 0.3 is 6.18 Å². The number of anilines is 1. The topological polar surface area (TPSA) is 93.5 Å². The summed E-state index contributed by atoms with van der Waals surface area (Å²) in [5.41, 5.74) is 0.575. The van der Waals surface area contributed by atoms with Gasteiger partial charge < -0.3 is 15.4 Å². The molecule has 0 aliphatic carbocycles. The predicted octanol–water partition coefficient (Wildman–Crippen LogP) is 2.09. The third kappa shape index (κ3) is 7.45. The Labute approximate surface area is 130 Å². The van der Waals surface area contributed by atoms with Gasteiger partial charge in [-0.05, 0) is 19.1 Å². The van der Waals surface area contributed by atoms with Crippen LogP contribution in [-0.4, -0.2) is 42.8 Å². The first-order valence-corrected chi connectivity index (χ1v) is 6.63. The van der Waals surface area contributed by atoms with E-state index in [4.69, 9.17) is 0 Å². The van der Waals surface area contributed by atoms with Crippen LogP contribution in [0.15, 0.2) is 24.3 Å². The number of ether oxygens (including phenoxy) is 1. The van der Waals surface area contributed by atoms with Gasteiger partial charge in [0.25, 0.3) is 5.69 Å². The van der Waals surface area contributed by atoms with E-state index in [0.717, 1.165) is 0 Å². The number of halogens is 3. The Morgan fingerprint density at radius 3 is 2.43 bits per heavy atom. The minimum Gasteiger partial charge on any atom is -0.383 e. The van der Waals surface area contributed by atoms with Crippen LogP contribution in [0.3, 0.4) is 0 Å². The fourth-order valence-electron chi connectivity index (χ4n) is 1.53. The highest BCUT2D eigenvalue weighted by molar-refractivity contribution is 5.80. The van der Waals surface area contributed by atoms with Crippen molar-refractivity contribution in [3.8, 4) is 0 Å². The molecule has 7 nitrogen and oxygen atoms in total. The maximum absolute atomic E-state index is 11.9. The molecule has 0 saturated carbocycles. The van der Waals surface area contributed by atoms with Crippen LogP contribution >= 0.6 is 0 Å². The van der Waals surface area contributed by atoms with Gasteiger partial charge in [-0.1, -0.05) is 0 Å². The largest absolute Gasteiger partial charge is 0.411 e. The van der Waals surface area contributed by atoms with Gasteiger partial charge in [-0.2, -0.15) is 13.2 Å². The summed E-state index contributed by atoms with van der Waals surface area (Å²) in [6.07, 6.45) is -5.69. The van der Waals surface area contributed by atoms with Crippen LogP contribution in [0.4, 0.5) is 24.5 Å². The van der Waals surface area contributed by atoms with E-state index in [0.29, 0.717) is 12.2 Å². The van der Waals surface area contributed by atoms with Crippen LogP contribution in [0.1, 0.15) is 6.92 Å². The highest BCUT2D eigenvalue weighted by atomic mass is 19.4. The fourth-order valence-corrected chi connectivity index (χ4v) is 1.53. The summed E-state index contributed by atoms with van der Waals surface area (Å²) >= 11 is 0. The van der Waals surface area contributed by atoms with Crippen molar-refractivity contribution in [2.75, 3.05) is 25.0 Å². The Morgan fingerprint density at radius 1 is 1.30 bits per heavy atom. The van der Waals surface area contributed by atoms with Crippen LogP contribution in [0.5, 0.6) is 0 Å². The molecule has 0 saturated heterocycles. The zero-order valence-corrected chi connectivity index (χ0v) is 12.2. The molecule has 1 atom stereocenters. The van der Waals surface area contributed by atoms with E-state index in [1.165, 1.54) is 31.2 Å². The molecule has 0 unspecified atom stereocenters. The first-order chi connectivity index (χ1) is 10.7. The van der Waals surface area contributed by atoms with Crippen molar-refractivity contribution in [2.45, 2.75) is 19.2 Å². The number of nitrogens with zero attached hydrogens (tertiary/aromatic N) is 1. The SMILES string of the molecule is C[C@H](OCC(F)(F)F)C(=O)NCCNc1ccc([N+](=O)[O-])cc1. The smallest absolute Gasteiger partial charge is 0.383 e. The highest BCUT2D eigenvalue weighted by Crippen LogP contribution is 2.16. The fraction of sp³-hybridized carbons (Fsp3) is 0.462. The Bertz CT molecular complexity index is 534. The number of rotatable bonds is 8. The summed E-state index contributed by atoms with van der Waals surface area (Å²) in [5, 5.41) is 15.8. The van der Waals surface area contributed by atoms with Crippen LogP contribution in [0.2, 0.25) is 0 Å². The zero-order chi connectivity index (χ0) is 17.5. The molecule has 1 aromatic rings. The summed E-state index contributed by atoms with van der Waals surface area (Å²) in [6.45, 7) is 0.207. The number of amides is 1. The standard InChI is InChI=1S/C13H16F3N3O4/c1-9(23-8-13(14,15)16)12(20)18-7-6-17-10-2-4-11(5-3-10)19(21)22/h2-5,9,17H,6-8H2,1H3,(H,18,20)/t9-/m0/s1. The first-order valence-electron chi connectivity index (χ1n) is 6.63. The number of carbonyl (C=O) groups is 1. The lowest BCUT2D eigenvalue weighted by atomic mass is 10.3. The van der Waals surface area contributed by atoms with Crippen molar-refractivity contribution in [1.82, 2.24) is 5.32 Å². The van der Waals surface area contributed by atoms with E-state index in [2.05, 4.69) is 15.4 Å². The number of hydrogen-bond donors (Lipinski definition) is 2. The third-order valence-corrected chi connectivity index (χ3v) is 2.70. The Kier molecular flexibility index (Phi) is 6.76. The van der Waals surface area contributed by atoms with E-state index in [9.17, 15) is 28.1 Å². The molecule has 128 valence electrons. The average molecular weight is 335 g/mol. The van der Waals surface area contributed by atoms with Gasteiger partial charge in [-0.25, -0.2) is 0 Å². The van der Waals surface area contributed by atoms with Gasteiger partial charge in [0, 0.05) is 30.9 Å². The molecule has 2 N–H and O–H groups in total. The predicted molar refractivity (Wildman–Crippen MR) is 76.1 cm³/mol. The molecule has 1 amide bonds. The Hall–Kier alpha value is -2.36. The van der Waals surface area contributed by atoms with E-state index < -0.39 is 29.7 Å². The first kappa shape index (κ1) is 18.7. The molecular formula is C13H16F3N3O4. The lowest BCUT2D eigenvalue weighted by Crippen LogP contribution is -2.38. The van der Waals surface area contributed by atoms with Crippen molar-refractivity contribution in [1.29, 1.82) is 0 Å². The molecule has 0 fully saturated rings. The van der Waals surface area contributed by atoms with Crippen LogP contribution in [0.25, 0.3) is 0 Å². The number of alkyl halides is 3. The van der Waals surface area contributed by atoms with Gasteiger partial charge in [0.2, 0.25) is 5.91 Å². The van der Waals surface area contributed by atoms with Crippen molar-refractivity contribution >= 4 is 17.3 Å². The molecule has 23 heavy (non-hydrogen) atoms. The number of nitro benzene ring substituents is 1. The van der Waals surface area contributed by atoms with Gasteiger partial charge in [0.05, 0.1) is 4.92 Å². The monoisotopic (exact) mass is 335 g/mol. The quantitative estimate of drug-likeness (QED) is 0.431. The maximum Gasteiger partial charge on any atom is 0.411 e. The Balaban J connectivity index is 2.25. The number of hydrogen-bond acceptors (Lipinski definition) is 5. The molecule has 10 heteroatoms. The third-order valence-electron chi connectivity index (χ3n) is 2.70. The molecule has 1 rings (SSSR count). The molecule has 0 radical (unpaired) electrons. The molecule has 0 spiro atoms. The van der Waals surface area contributed by atoms with Crippen molar-refractivity contribution < 1.29 is 27.6 Å². The number of benzene rings is 1. The van der Waals surface area contributed by atoms with E-state index in [1.807, 2.05) is 0 Å². The van der Waals surface area contributed by atoms with Gasteiger partial charge in [0.1, 0.15) is 12.7 Å². The molecule has 0 aliphatic heterocycles. The van der Waals surface area contributed by atoms with Crippen LogP contribution in [0, 0.1) is 10.1 Å². The molecule has 0 aliphatic rings. The zero-order valence-electron chi connectivity index (χ0n) is 12.2. The van der Waals surface area contributed by atoms with Crippen molar-refractivity contribution in [2.24, 2.45) is 0 Å². The lowest BCUT2D eigenvalue weighted by Gasteiger charge is -2.15. The number of carbonyl (C=O) groups excluding carboxylic acids is 1. The minimum atomic E-state index is -4.48. The van der Waals surface area contributed by atoms with Crippen LogP contribution < -0.4 is 10.6 Å². The second-order valence-corrected chi connectivity index (χ2v) is 4.59. The van der Waals surface area contributed by atoms with Crippen LogP contribution in [-0.2, 0) is 9.53 Å². The summed E-state index contributed by atoms with van der Waals surface area (Å²) in [4.78, 5) is 21.4. The molecule has 1 aromatic carbocycles. The Morgan fingerprint density at radius 2 is 1.91 bits per heavy atom. The van der Waals surface area contributed by atoms with E-state index in [-0.39, 0.29) is 12.2 Å². The number of non-ortho nitro benzene ring substituents is 1. The second-order valence-electron chi connectivity index (χ2n) is 4.59. The van der Waals surface area contributed by atoms with Crippen molar-refractivity contribution in [3.05, 3.63) is 34.4 Å². The minimum absolute atomic E-state index is 0.0421. The van der Waals surface area contributed by atoms with E-state index in [1.54, 1.807) is 0 Å². The highest BCUT2D eigenvalue weighted by Gasteiger charge is 2.29. The van der Waals surface area contributed by atoms with E-state index >= 15 is 0 Å². The molecule has 0 bridgehead atoms. The second kappa shape index (κ2) is 8.32. The molecule has 0 aromatic heterocycles. The average Bonchev–Trinajstić information content (AvgIpc) is 2.48.